The van der Waals surface area contributed by atoms with Crippen LogP contribution in [0.3, 0.4) is 0 Å². The van der Waals surface area contributed by atoms with Crippen LogP contribution < -0.4 is 10.5 Å². The van der Waals surface area contributed by atoms with Crippen LogP contribution in [0.2, 0.25) is 0 Å². The number of aromatic nitrogens is 1. The molecule has 0 saturated heterocycles. The molecular weight excluding hydrogens is 426 g/mol. The summed E-state index contributed by atoms with van der Waals surface area (Å²) in [5.74, 6) is -2.00. The van der Waals surface area contributed by atoms with Crippen molar-refractivity contribution < 1.29 is 32.3 Å². The molecule has 0 saturated carbocycles. The quantitative estimate of drug-likeness (QED) is 0.543. The number of ether oxygens (including phenoxy) is 2. The molecule has 0 aliphatic rings. The van der Waals surface area contributed by atoms with E-state index >= 15 is 0 Å². The van der Waals surface area contributed by atoms with Crippen LogP contribution in [0.1, 0.15) is 52.9 Å². The molecule has 0 spiro atoms. The number of H-pyrrole nitrogens is 1. The number of rotatable bonds is 7. The van der Waals surface area contributed by atoms with E-state index in [9.17, 15) is 22.8 Å². The summed E-state index contributed by atoms with van der Waals surface area (Å²) in [7, 11) is -3.85. The lowest BCUT2D eigenvalue weighted by Crippen LogP contribution is -2.30. The summed E-state index contributed by atoms with van der Waals surface area (Å²) in [6.07, 6.45) is -1.49. The van der Waals surface area contributed by atoms with Gasteiger partial charge < -0.3 is 19.8 Å². The molecule has 0 aliphatic heterocycles. The van der Waals surface area contributed by atoms with Crippen molar-refractivity contribution in [3.63, 3.8) is 0 Å². The van der Waals surface area contributed by atoms with Crippen molar-refractivity contribution in [2.45, 2.75) is 51.7 Å². The van der Waals surface area contributed by atoms with Gasteiger partial charge in [-0.05, 0) is 64.4 Å². The van der Waals surface area contributed by atoms with Crippen molar-refractivity contribution in [1.82, 2.24) is 4.98 Å². The number of aryl methyl sites for hydroxylation is 1. The number of carbonyl (C=O) groups excluding carboxylic acids is 3. The van der Waals surface area contributed by atoms with Crippen molar-refractivity contribution in [2.75, 3.05) is 5.32 Å². The van der Waals surface area contributed by atoms with Crippen LogP contribution in [0, 0.1) is 13.8 Å². The molecule has 2 rings (SSSR count). The van der Waals surface area contributed by atoms with Crippen molar-refractivity contribution in [1.29, 1.82) is 0 Å². The molecule has 1 atom stereocenters. The Labute approximate surface area is 180 Å². The number of nitrogens with two attached hydrogens (primary N) is 1. The summed E-state index contributed by atoms with van der Waals surface area (Å²) in [5.41, 5.74) is 1.39. The van der Waals surface area contributed by atoms with E-state index in [0.717, 1.165) is 0 Å². The molecule has 0 bridgehead atoms. The topological polar surface area (TPSA) is 158 Å². The SMILES string of the molecule is Cc1[nH]c(C(=O)OC(C)C(=O)Nc2ccc(S(N)(=O)=O)cc2)c(C)c1C(=O)OC(C)C. The monoisotopic (exact) mass is 451 g/mol. The molecule has 2 aromatic rings. The van der Waals surface area contributed by atoms with E-state index in [-0.39, 0.29) is 22.3 Å². The van der Waals surface area contributed by atoms with E-state index in [1.165, 1.54) is 31.2 Å². The number of amides is 1. The number of benzene rings is 1. The molecule has 0 fully saturated rings. The highest BCUT2D eigenvalue weighted by atomic mass is 32.2. The number of carbonyl (C=O) groups is 3. The van der Waals surface area contributed by atoms with Crippen molar-refractivity contribution in [2.24, 2.45) is 5.14 Å². The maximum absolute atomic E-state index is 12.5. The van der Waals surface area contributed by atoms with E-state index in [4.69, 9.17) is 14.6 Å². The van der Waals surface area contributed by atoms with Gasteiger partial charge in [-0.2, -0.15) is 0 Å². The summed E-state index contributed by atoms with van der Waals surface area (Å²) in [6.45, 7) is 8.02. The van der Waals surface area contributed by atoms with Crippen LogP contribution in [-0.4, -0.2) is 43.5 Å². The maximum atomic E-state index is 12.5. The first-order valence-corrected chi connectivity index (χ1v) is 10.9. The molecule has 0 radical (unpaired) electrons. The number of esters is 2. The average Bonchev–Trinajstić information content (AvgIpc) is 2.95. The van der Waals surface area contributed by atoms with Crippen LogP contribution in [0.15, 0.2) is 29.2 Å². The number of aromatic amines is 1. The van der Waals surface area contributed by atoms with Crippen molar-refractivity contribution >= 4 is 33.6 Å². The largest absolute Gasteiger partial charge is 0.459 e. The lowest BCUT2D eigenvalue weighted by atomic mass is 10.1. The molecule has 11 heteroatoms. The zero-order chi connectivity index (χ0) is 23.5. The molecule has 0 aliphatic carbocycles. The minimum atomic E-state index is -3.85. The average molecular weight is 452 g/mol. The maximum Gasteiger partial charge on any atom is 0.355 e. The number of anilines is 1. The van der Waals surface area contributed by atoms with Gasteiger partial charge in [-0.15, -0.1) is 0 Å². The fourth-order valence-electron chi connectivity index (χ4n) is 2.78. The Morgan fingerprint density at radius 2 is 1.58 bits per heavy atom. The first-order valence-electron chi connectivity index (χ1n) is 9.36. The van der Waals surface area contributed by atoms with Gasteiger partial charge >= 0.3 is 11.9 Å². The highest BCUT2D eigenvalue weighted by Gasteiger charge is 2.27. The van der Waals surface area contributed by atoms with E-state index in [1.807, 2.05) is 0 Å². The molecular formula is C20H25N3O7S. The highest BCUT2D eigenvalue weighted by Crippen LogP contribution is 2.21. The standard InChI is InChI=1S/C20H25N3O7S/c1-10(2)29-19(25)16-11(3)17(22-12(16)4)20(26)30-13(5)18(24)23-14-6-8-15(9-7-14)31(21,27)28/h6-10,13,22H,1-5H3,(H,23,24)(H2,21,27,28). The van der Waals surface area contributed by atoms with Gasteiger partial charge in [0.05, 0.1) is 16.6 Å². The lowest BCUT2D eigenvalue weighted by molar-refractivity contribution is -0.123. The van der Waals surface area contributed by atoms with Crippen LogP contribution in [0.25, 0.3) is 0 Å². The number of primary sulfonamides is 1. The Bertz CT molecular complexity index is 1100. The van der Waals surface area contributed by atoms with E-state index in [1.54, 1.807) is 27.7 Å². The minimum Gasteiger partial charge on any atom is -0.459 e. The third-order valence-corrected chi connectivity index (χ3v) is 5.22. The normalized spacial score (nSPS) is 12.4. The van der Waals surface area contributed by atoms with Crippen molar-refractivity contribution in [3.8, 4) is 0 Å². The Hall–Kier alpha value is -3.18. The van der Waals surface area contributed by atoms with Gasteiger partial charge in [0.1, 0.15) is 5.69 Å². The molecule has 1 aromatic carbocycles. The summed E-state index contributed by atoms with van der Waals surface area (Å²) in [6, 6.07) is 5.20. The molecule has 1 heterocycles. The molecule has 1 amide bonds. The molecule has 4 N–H and O–H groups in total. The first-order chi connectivity index (χ1) is 14.3. The second-order valence-electron chi connectivity index (χ2n) is 7.19. The second-order valence-corrected chi connectivity index (χ2v) is 8.75. The summed E-state index contributed by atoms with van der Waals surface area (Å²) >= 11 is 0. The van der Waals surface area contributed by atoms with Gasteiger partial charge in [-0.25, -0.2) is 23.1 Å². The van der Waals surface area contributed by atoms with Crippen LogP contribution in [0.5, 0.6) is 0 Å². The predicted octanol–water partition coefficient (Wildman–Crippen LogP) is 2.03. The van der Waals surface area contributed by atoms with E-state index in [0.29, 0.717) is 16.9 Å². The number of hydrogen-bond acceptors (Lipinski definition) is 7. The molecule has 168 valence electrons. The van der Waals surface area contributed by atoms with Crippen LogP contribution in [-0.2, 0) is 24.3 Å². The Kier molecular flexibility index (Phi) is 7.24. The predicted molar refractivity (Wildman–Crippen MR) is 112 cm³/mol. The second kappa shape index (κ2) is 9.31. The third-order valence-electron chi connectivity index (χ3n) is 4.29. The lowest BCUT2D eigenvalue weighted by Gasteiger charge is -2.14. The summed E-state index contributed by atoms with van der Waals surface area (Å²) < 4.78 is 33.0. The number of sulfonamides is 1. The van der Waals surface area contributed by atoms with Crippen LogP contribution in [0.4, 0.5) is 5.69 Å². The highest BCUT2D eigenvalue weighted by molar-refractivity contribution is 7.89. The Balaban J connectivity index is 2.08. The van der Waals surface area contributed by atoms with E-state index < -0.39 is 34.0 Å². The number of hydrogen-bond donors (Lipinski definition) is 3. The van der Waals surface area contributed by atoms with Gasteiger partial charge in [0.2, 0.25) is 10.0 Å². The summed E-state index contributed by atoms with van der Waals surface area (Å²) in [5, 5.41) is 7.54. The fourth-order valence-corrected chi connectivity index (χ4v) is 3.29. The number of nitrogens with one attached hydrogen (secondary N) is 2. The first kappa shape index (κ1) is 24.1. The minimum absolute atomic E-state index is 0.0466. The van der Waals surface area contributed by atoms with Gasteiger partial charge in [0.25, 0.3) is 5.91 Å². The fraction of sp³-hybridized carbons (Fsp3) is 0.350. The van der Waals surface area contributed by atoms with Gasteiger partial charge in [0.15, 0.2) is 6.10 Å². The van der Waals surface area contributed by atoms with Crippen LogP contribution >= 0.6 is 0 Å². The van der Waals surface area contributed by atoms with E-state index in [2.05, 4.69) is 10.3 Å². The van der Waals surface area contributed by atoms with Gasteiger partial charge in [-0.1, -0.05) is 0 Å². The third kappa shape index (κ3) is 5.92. The molecule has 31 heavy (non-hydrogen) atoms. The Morgan fingerprint density at radius 1 is 1.00 bits per heavy atom. The molecule has 10 nitrogen and oxygen atoms in total. The molecule has 1 aromatic heterocycles. The van der Waals surface area contributed by atoms with Gasteiger partial charge in [0, 0.05) is 11.4 Å². The Morgan fingerprint density at radius 3 is 2.10 bits per heavy atom. The molecule has 1 unspecified atom stereocenters. The summed E-state index contributed by atoms with van der Waals surface area (Å²) in [4.78, 5) is 39.8. The van der Waals surface area contributed by atoms with Gasteiger partial charge in [-0.3, -0.25) is 4.79 Å². The zero-order valence-electron chi connectivity index (χ0n) is 17.8. The zero-order valence-corrected chi connectivity index (χ0v) is 18.6. The smallest absolute Gasteiger partial charge is 0.355 e. The van der Waals surface area contributed by atoms with Crippen molar-refractivity contribution in [3.05, 3.63) is 46.8 Å².